The van der Waals surface area contributed by atoms with Gasteiger partial charge in [0.25, 0.3) is 0 Å². The maximum absolute atomic E-state index is 13.0. The second kappa shape index (κ2) is 3.46. The zero-order valence-electron chi connectivity index (χ0n) is 6.49. The van der Waals surface area contributed by atoms with E-state index in [4.69, 9.17) is 16.9 Å². The smallest absolute Gasteiger partial charge is 0.205 e. The molecule has 0 amide bonds. The van der Waals surface area contributed by atoms with E-state index < -0.39 is 28.1 Å². The summed E-state index contributed by atoms with van der Waals surface area (Å²) in [5.74, 6) is -1.63. The van der Waals surface area contributed by atoms with Gasteiger partial charge < -0.3 is 0 Å². The average Bonchev–Trinajstić information content (AvgIpc) is 2.02. The molecule has 1 rings (SSSR count). The van der Waals surface area contributed by atoms with E-state index in [0.717, 1.165) is 12.1 Å². The molecule has 1 aromatic rings. The minimum atomic E-state index is -4.89. The van der Waals surface area contributed by atoms with Crippen LogP contribution in [-0.2, 0) is 6.18 Å². The van der Waals surface area contributed by atoms with E-state index in [-0.39, 0.29) is 0 Å². The molecule has 1 nitrogen and oxygen atoms in total. The van der Waals surface area contributed by atoms with Gasteiger partial charge in [0.05, 0.1) is 10.6 Å². The molecule has 1 aromatic carbocycles. The number of nitriles is 1. The SMILES string of the molecule is N#Cc1ccc(Cl)c(C(F)(F)F)c1F. The lowest BCUT2D eigenvalue weighted by Gasteiger charge is -2.10. The fraction of sp³-hybridized carbons (Fsp3) is 0.125. The van der Waals surface area contributed by atoms with Gasteiger partial charge in [-0.25, -0.2) is 4.39 Å². The maximum atomic E-state index is 13.0. The van der Waals surface area contributed by atoms with Crippen molar-refractivity contribution >= 4 is 11.6 Å². The molecule has 0 bridgehead atoms. The number of alkyl halides is 3. The third-order valence-corrected chi connectivity index (χ3v) is 1.81. The molecule has 0 aliphatic carbocycles. The zero-order chi connectivity index (χ0) is 10.9. The van der Waals surface area contributed by atoms with Crippen molar-refractivity contribution in [3.8, 4) is 6.07 Å². The predicted octanol–water partition coefficient (Wildman–Crippen LogP) is 3.37. The van der Waals surface area contributed by atoms with Gasteiger partial charge in [0.2, 0.25) is 0 Å². The van der Waals surface area contributed by atoms with Crippen molar-refractivity contribution in [1.29, 1.82) is 5.26 Å². The summed E-state index contributed by atoms with van der Waals surface area (Å²) in [6, 6.07) is 3.04. The fourth-order valence-electron chi connectivity index (χ4n) is 0.899. The summed E-state index contributed by atoms with van der Waals surface area (Å²) in [6.45, 7) is 0. The van der Waals surface area contributed by atoms with Crippen LogP contribution in [0.4, 0.5) is 17.6 Å². The van der Waals surface area contributed by atoms with E-state index in [1.807, 2.05) is 0 Å². The Morgan fingerprint density at radius 3 is 2.29 bits per heavy atom. The van der Waals surface area contributed by atoms with E-state index in [2.05, 4.69) is 0 Å². The third-order valence-electron chi connectivity index (χ3n) is 1.50. The predicted molar refractivity (Wildman–Crippen MR) is 41.1 cm³/mol. The lowest BCUT2D eigenvalue weighted by atomic mass is 10.1. The number of benzene rings is 1. The van der Waals surface area contributed by atoms with E-state index in [0.29, 0.717) is 0 Å². The summed E-state index contributed by atoms with van der Waals surface area (Å²) < 4.78 is 49.6. The minimum Gasteiger partial charge on any atom is -0.205 e. The Kier molecular flexibility index (Phi) is 2.67. The van der Waals surface area contributed by atoms with Crippen LogP contribution in [0.15, 0.2) is 12.1 Å². The molecule has 0 heterocycles. The highest BCUT2D eigenvalue weighted by molar-refractivity contribution is 6.31. The number of hydrogen-bond donors (Lipinski definition) is 0. The van der Waals surface area contributed by atoms with Gasteiger partial charge in [0.15, 0.2) is 5.82 Å². The Morgan fingerprint density at radius 2 is 1.86 bits per heavy atom. The fourth-order valence-corrected chi connectivity index (χ4v) is 1.15. The van der Waals surface area contributed by atoms with Gasteiger partial charge >= 0.3 is 6.18 Å². The Morgan fingerprint density at radius 1 is 1.29 bits per heavy atom. The van der Waals surface area contributed by atoms with Crippen LogP contribution >= 0.6 is 11.6 Å². The monoisotopic (exact) mass is 223 g/mol. The normalized spacial score (nSPS) is 11.1. The molecular formula is C8H2ClF4N. The molecule has 0 aromatic heterocycles. The highest BCUT2D eigenvalue weighted by Gasteiger charge is 2.37. The molecule has 0 radical (unpaired) electrons. The van der Waals surface area contributed by atoms with Crippen LogP contribution in [0.3, 0.4) is 0 Å². The minimum absolute atomic E-state index is 0.679. The highest BCUT2D eigenvalue weighted by Crippen LogP contribution is 2.37. The molecule has 0 spiro atoms. The first kappa shape index (κ1) is 10.8. The van der Waals surface area contributed by atoms with Crippen LogP contribution in [0, 0.1) is 17.1 Å². The molecule has 0 saturated carbocycles. The first-order valence-electron chi connectivity index (χ1n) is 3.33. The number of nitrogens with zero attached hydrogens (tertiary/aromatic N) is 1. The molecule has 0 aliphatic rings. The van der Waals surface area contributed by atoms with Crippen LogP contribution in [0.25, 0.3) is 0 Å². The molecule has 0 unspecified atom stereocenters. The first-order chi connectivity index (χ1) is 6.38. The van der Waals surface area contributed by atoms with Crippen molar-refractivity contribution < 1.29 is 17.6 Å². The summed E-state index contributed by atoms with van der Waals surface area (Å²) in [7, 11) is 0. The Balaban J connectivity index is 3.50. The largest absolute Gasteiger partial charge is 0.420 e. The molecule has 6 heteroatoms. The van der Waals surface area contributed by atoms with E-state index in [9.17, 15) is 17.6 Å². The van der Waals surface area contributed by atoms with Crippen molar-refractivity contribution in [2.45, 2.75) is 6.18 Å². The molecule has 0 N–H and O–H groups in total. The van der Waals surface area contributed by atoms with Gasteiger partial charge in [0.1, 0.15) is 11.6 Å². The van der Waals surface area contributed by atoms with Crippen molar-refractivity contribution in [2.75, 3.05) is 0 Å². The maximum Gasteiger partial charge on any atom is 0.420 e. The van der Waals surface area contributed by atoms with Crippen LogP contribution in [-0.4, -0.2) is 0 Å². The summed E-state index contributed by atoms with van der Waals surface area (Å²) in [6.07, 6.45) is -4.89. The molecule has 74 valence electrons. The van der Waals surface area contributed by atoms with Crippen molar-refractivity contribution in [2.24, 2.45) is 0 Å². The summed E-state index contributed by atoms with van der Waals surface area (Å²) >= 11 is 5.17. The number of halogens is 5. The number of hydrogen-bond acceptors (Lipinski definition) is 1. The molecule has 0 atom stereocenters. The topological polar surface area (TPSA) is 23.8 Å². The van der Waals surface area contributed by atoms with Gasteiger partial charge in [-0.3, -0.25) is 0 Å². The lowest BCUT2D eigenvalue weighted by Crippen LogP contribution is -2.10. The summed E-state index contributed by atoms with van der Waals surface area (Å²) in [4.78, 5) is 0. The van der Waals surface area contributed by atoms with Crippen LogP contribution in [0.5, 0.6) is 0 Å². The summed E-state index contributed by atoms with van der Waals surface area (Å²) in [5, 5.41) is 7.54. The van der Waals surface area contributed by atoms with Crippen molar-refractivity contribution in [1.82, 2.24) is 0 Å². The average molecular weight is 224 g/mol. The van der Waals surface area contributed by atoms with Gasteiger partial charge in [-0.1, -0.05) is 11.6 Å². The first-order valence-corrected chi connectivity index (χ1v) is 3.71. The van der Waals surface area contributed by atoms with E-state index in [1.165, 1.54) is 6.07 Å². The Hall–Kier alpha value is -1.28. The third kappa shape index (κ3) is 1.80. The van der Waals surface area contributed by atoms with Gasteiger partial charge in [-0.15, -0.1) is 0 Å². The molecular weight excluding hydrogens is 222 g/mol. The van der Waals surface area contributed by atoms with E-state index in [1.54, 1.807) is 0 Å². The molecule has 0 fully saturated rings. The molecule has 0 saturated heterocycles. The second-order valence-corrected chi connectivity index (χ2v) is 2.80. The number of rotatable bonds is 0. The van der Waals surface area contributed by atoms with Crippen LogP contribution in [0.2, 0.25) is 5.02 Å². The van der Waals surface area contributed by atoms with Crippen LogP contribution in [0.1, 0.15) is 11.1 Å². The molecule has 0 aliphatic heterocycles. The lowest BCUT2D eigenvalue weighted by molar-refractivity contribution is -0.139. The Labute approximate surface area is 81.5 Å². The second-order valence-electron chi connectivity index (χ2n) is 2.39. The Bertz CT molecular complexity index is 405. The quantitative estimate of drug-likeness (QED) is 0.619. The van der Waals surface area contributed by atoms with Gasteiger partial charge in [0, 0.05) is 0 Å². The summed E-state index contributed by atoms with van der Waals surface area (Å²) in [5.41, 5.74) is -2.28. The van der Waals surface area contributed by atoms with Crippen molar-refractivity contribution in [3.05, 3.63) is 34.1 Å². The highest BCUT2D eigenvalue weighted by atomic mass is 35.5. The standard InChI is InChI=1S/C8H2ClF4N/c9-5-2-1-4(3-14)7(10)6(5)8(11,12)13/h1-2H. The van der Waals surface area contributed by atoms with Gasteiger partial charge in [-0.2, -0.15) is 18.4 Å². The molecule has 14 heavy (non-hydrogen) atoms. The zero-order valence-corrected chi connectivity index (χ0v) is 7.25. The van der Waals surface area contributed by atoms with E-state index >= 15 is 0 Å². The van der Waals surface area contributed by atoms with Crippen molar-refractivity contribution in [3.63, 3.8) is 0 Å². The van der Waals surface area contributed by atoms with Crippen LogP contribution < -0.4 is 0 Å². The van der Waals surface area contributed by atoms with Gasteiger partial charge in [-0.05, 0) is 12.1 Å².